The van der Waals surface area contributed by atoms with E-state index in [2.05, 4.69) is 32.6 Å². The second kappa shape index (κ2) is 6.00. The molecule has 0 radical (unpaired) electrons. The minimum atomic E-state index is -0.897. The summed E-state index contributed by atoms with van der Waals surface area (Å²) >= 11 is 0. The quantitative estimate of drug-likeness (QED) is 0.777. The summed E-state index contributed by atoms with van der Waals surface area (Å²) in [6.45, 7) is 12.9. The van der Waals surface area contributed by atoms with Gasteiger partial charge in [-0.25, -0.2) is 0 Å². The van der Waals surface area contributed by atoms with E-state index in [0.29, 0.717) is 6.42 Å². The van der Waals surface area contributed by atoms with Gasteiger partial charge in [0.25, 0.3) is 0 Å². The van der Waals surface area contributed by atoms with Crippen molar-refractivity contribution in [1.82, 2.24) is 4.90 Å². The molecule has 1 unspecified atom stereocenters. The third kappa shape index (κ3) is 5.04. The Kier molecular flexibility index (Phi) is 5.22. The van der Waals surface area contributed by atoms with E-state index in [-0.39, 0.29) is 17.2 Å². The van der Waals surface area contributed by atoms with Gasteiger partial charge in [-0.3, -0.25) is 9.69 Å². The zero-order valence-corrected chi connectivity index (χ0v) is 13.8. The van der Waals surface area contributed by atoms with E-state index in [1.807, 2.05) is 0 Å². The lowest BCUT2D eigenvalue weighted by molar-refractivity contribution is -0.180. The first-order valence-corrected chi connectivity index (χ1v) is 7.27. The largest absolute Gasteiger partial charge is 0.468 e. The van der Waals surface area contributed by atoms with Crippen LogP contribution in [0.5, 0.6) is 0 Å². The summed E-state index contributed by atoms with van der Waals surface area (Å²) in [5.41, 5.74) is 4.79. The first-order valence-electron chi connectivity index (χ1n) is 7.27. The molecule has 1 heterocycles. The average molecular weight is 286 g/mol. The highest BCUT2D eigenvalue weighted by Crippen LogP contribution is 2.28. The molecule has 0 amide bonds. The van der Waals surface area contributed by atoms with Crippen LogP contribution in [-0.2, 0) is 14.3 Å². The number of methoxy groups -OCH3 is 1. The minimum absolute atomic E-state index is 0.143. The number of nitrogens with two attached hydrogens (primary N) is 1. The van der Waals surface area contributed by atoms with E-state index in [0.717, 1.165) is 26.1 Å². The first-order chi connectivity index (χ1) is 8.97. The molecule has 0 bridgehead atoms. The number of rotatable bonds is 5. The maximum atomic E-state index is 11.5. The molecule has 1 rings (SSSR count). The van der Waals surface area contributed by atoms with E-state index in [4.69, 9.17) is 15.2 Å². The highest BCUT2D eigenvalue weighted by molar-refractivity contribution is 5.79. The zero-order chi connectivity index (χ0) is 15.6. The van der Waals surface area contributed by atoms with Crippen LogP contribution in [0.15, 0.2) is 0 Å². The summed E-state index contributed by atoms with van der Waals surface area (Å²) in [6.07, 6.45) is 1.49. The molecule has 0 saturated carbocycles. The third-order valence-electron chi connectivity index (χ3n) is 3.58. The lowest BCUT2D eigenvalue weighted by atomic mass is 9.95. The molecule has 0 aromatic rings. The van der Waals surface area contributed by atoms with Gasteiger partial charge in [0.2, 0.25) is 0 Å². The van der Waals surface area contributed by atoms with Gasteiger partial charge in [-0.05, 0) is 54.0 Å². The number of carbonyl (C=O) groups is 1. The monoisotopic (exact) mass is 286 g/mol. The van der Waals surface area contributed by atoms with Crippen molar-refractivity contribution in [1.29, 1.82) is 0 Å². The Hall–Kier alpha value is -0.650. The van der Waals surface area contributed by atoms with Crippen molar-refractivity contribution in [2.75, 3.05) is 26.7 Å². The Labute approximate surface area is 122 Å². The highest BCUT2D eigenvalue weighted by Gasteiger charge is 2.38. The molecule has 1 saturated heterocycles. The molecule has 5 heteroatoms. The number of hydrogen-bond acceptors (Lipinski definition) is 5. The molecular weight excluding hydrogens is 256 g/mol. The molecule has 20 heavy (non-hydrogen) atoms. The Morgan fingerprint density at radius 3 is 2.25 bits per heavy atom. The molecule has 0 spiro atoms. The molecule has 1 atom stereocenters. The molecular formula is C15H30N2O3. The molecule has 0 aromatic carbocycles. The van der Waals surface area contributed by atoms with Crippen LogP contribution in [-0.4, -0.2) is 54.4 Å². The summed E-state index contributed by atoms with van der Waals surface area (Å²) < 4.78 is 10.8. The van der Waals surface area contributed by atoms with Crippen LogP contribution < -0.4 is 5.73 Å². The lowest BCUT2D eigenvalue weighted by Crippen LogP contribution is -2.57. The number of ether oxygens (including phenoxy) is 2. The van der Waals surface area contributed by atoms with E-state index in [1.165, 1.54) is 7.11 Å². The van der Waals surface area contributed by atoms with Crippen molar-refractivity contribution in [3.8, 4) is 0 Å². The standard InChI is InChI=1S/C15H30N2O3/c1-13(2)10-17(11-14(3,4)20-13)9-7-8-15(5,16)12(18)19-6/h7-11,16H2,1-6H3. The topological polar surface area (TPSA) is 64.8 Å². The maximum Gasteiger partial charge on any atom is 0.325 e. The summed E-state index contributed by atoms with van der Waals surface area (Å²) in [6, 6.07) is 0. The van der Waals surface area contributed by atoms with E-state index < -0.39 is 5.54 Å². The van der Waals surface area contributed by atoms with Crippen molar-refractivity contribution in [3.05, 3.63) is 0 Å². The normalized spacial score (nSPS) is 24.9. The second-order valence-corrected chi connectivity index (χ2v) is 7.34. The number of morpholine rings is 1. The van der Waals surface area contributed by atoms with E-state index in [1.54, 1.807) is 6.92 Å². The molecule has 0 aromatic heterocycles. The number of carbonyl (C=O) groups excluding carboxylic acids is 1. The molecule has 2 N–H and O–H groups in total. The molecule has 0 aliphatic carbocycles. The van der Waals surface area contributed by atoms with E-state index in [9.17, 15) is 4.79 Å². The Morgan fingerprint density at radius 1 is 1.30 bits per heavy atom. The van der Waals surface area contributed by atoms with Crippen LogP contribution >= 0.6 is 0 Å². The smallest absolute Gasteiger partial charge is 0.325 e. The fourth-order valence-electron chi connectivity index (χ4n) is 3.11. The Bertz CT molecular complexity index is 335. The lowest BCUT2D eigenvalue weighted by Gasteiger charge is -2.47. The van der Waals surface area contributed by atoms with Crippen molar-refractivity contribution >= 4 is 5.97 Å². The van der Waals surface area contributed by atoms with Gasteiger partial charge in [0.15, 0.2) is 0 Å². The molecule has 1 aliphatic rings. The molecule has 1 fully saturated rings. The predicted molar refractivity (Wildman–Crippen MR) is 79.5 cm³/mol. The summed E-state index contributed by atoms with van der Waals surface area (Å²) in [5, 5.41) is 0. The fourth-order valence-corrected chi connectivity index (χ4v) is 3.11. The van der Waals surface area contributed by atoms with Gasteiger partial charge < -0.3 is 15.2 Å². The number of hydrogen-bond donors (Lipinski definition) is 1. The van der Waals surface area contributed by atoms with Crippen LogP contribution in [0.3, 0.4) is 0 Å². The SMILES string of the molecule is COC(=O)C(C)(N)CCCN1CC(C)(C)OC(C)(C)C1. The van der Waals surface area contributed by atoms with Gasteiger partial charge in [-0.15, -0.1) is 0 Å². The van der Waals surface area contributed by atoms with Crippen LogP contribution in [0.1, 0.15) is 47.5 Å². The number of esters is 1. The van der Waals surface area contributed by atoms with Crippen LogP contribution in [0.2, 0.25) is 0 Å². The van der Waals surface area contributed by atoms with Crippen molar-refractivity contribution in [2.24, 2.45) is 5.73 Å². The van der Waals surface area contributed by atoms with Crippen LogP contribution in [0.25, 0.3) is 0 Å². The van der Waals surface area contributed by atoms with Crippen molar-refractivity contribution < 1.29 is 14.3 Å². The highest BCUT2D eigenvalue weighted by atomic mass is 16.5. The first kappa shape index (κ1) is 17.4. The van der Waals surface area contributed by atoms with Gasteiger partial charge in [0, 0.05) is 13.1 Å². The summed E-state index contributed by atoms with van der Waals surface area (Å²) in [5.74, 6) is -0.347. The van der Waals surface area contributed by atoms with Gasteiger partial charge in [-0.2, -0.15) is 0 Å². The maximum absolute atomic E-state index is 11.5. The van der Waals surface area contributed by atoms with Gasteiger partial charge >= 0.3 is 5.97 Å². The predicted octanol–water partition coefficient (Wildman–Crippen LogP) is 1.55. The fraction of sp³-hybridized carbons (Fsp3) is 0.933. The molecule has 118 valence electrons. The zero-order valence-electron chi connectivity index (χ0n) is 13.8. The summed E-state index contributed by atoms with van der Waals surface area (Å²) in [4.78, 5) is 13.9. The van der Waals surface area contributed by atoms with Gasteiger partial charge in [0.1, 0.15) is 5.54 Å². The third-order valence-corrected chi connectivity index (χ3v) is 3.58. The second-order valence-electron chi connectivity index (χ2n) is 7.34. The van der Waals surface area contributed by atoms with Gasteiger partial charge in [-0.1, -0.05) is 0 Å². The van der Waals surface area contributed by atoms with Crippen molar-refractivity contribution in [2.45, 2.75) is 64.2 Å². The number of nitrogens with zero attached hydrogens (tertiary/aromatic N) is 1. The van der Waals surface area contributed by atoms with E-state index >= 15 is 0 Å². The van der Waals surface area contributed by atoms with Gasteiger partial charge in [0.05, 0.1) is 18.3 Å². The van der Waals surface area contributed by atoms with Crippen molar-refractivity contribution in [3.63, 3.8) is 0 Å². The van der Waals surface area contributed by atoms with Crippen LogP contribution in [0, 0.1) is 0 Å². The Morgan fingerprint density at radius 2 is 1.80 bits per heavy atom. The molecule has 5 nitrogen and oxygen atoms in total. The van der Waals surface area contributed by atoms with Crippen LogP contribution in [0.4, 0.5) is 0 Å². The molecule has 1 aliphatic heterocycles. The Balaban J connectivity index is 2.48. The summed E-state index contributed by atoms with van der Waals surface area (Å²) in [7, 11) is 1.38. The minimum Gasteiger partial charge on any atom is -0.468 e. The average Bonchev–Trinajstić information content (AvgIpc) is 2.23.